The Balaban J connectivity index is 1.49. The number of carbonyl (C=O) groups excluding carboxylic acids is 1. The van der Waals surface area contributed by atoms with Gasteiger partial charge in [-0.05, 0) is 54.7 Å². The summed E-state index contributed by atoms with van der Waals surface area (Å²) in [4.78, 5) is 12.3. The van der Waals surface area contributed by atoms with Gasteiger partial charge in [0.1, 0.15) is 5.82 Å². The molecule has 0 bridgehead atoms. The second-order valence-electron chi connectivity index (χ2n) is 7.01. The fourth-order valence-corrected chi connectivity index (χ4v) is 4.75. The van der Waals surface area contributed by atoms with Gasteiger partial charge in [-0.25, -0.2) is 12.8 Å². The third-order valence-electron chi connectivity index (χ3n) is 4.92. The van der Waals surface area contributed by atoms with Crippen molar-refractivity contribution in [3.05, 3.63) is 65.5 Å². The second-order valence-corrected chi connectivity index (χ2v) is 8.95. The van der Waals surface area contributed by atoms with Crippen molar-refractivity contribution in [3.8, 4) is 0 Å². The Labute approximate surface area is 165 Å². The minimum absolute atomic E-state index is 0.102. The summed E-state index contributed by atoms with van der Waals surface area (Å²) in [6, 6.07) is 12.8. The molecule has 1 aliphatic rings. The summed E-state index contributed by atoms with van der Waals surface area (Å²) in [5, 5.41) is 2.83. The molecule has 7 heteroatoms. The van der Waals surface area contributed by atoms with Crippen LogP contribution in [0.1, 0.15) is 36.8 Å². The number of halogens is 1. The highest BCUT2D eigenvalue weighted by Gasteiger charge is 2.25. The number of nitrogens with zero attached hydrogens (tertiary/aromatic N) is 1. The molecule has 1 N–H and O–H groups in total. The van der Waals surface area contributed by atoms with Crippen LogP contribution in [-0.2, 0) is 27.8 Å². The first-order valence-corrected chi connectivity index (χ1v) is 11.0. The molecule has 0 saturated carbocycles. The van der Waals surface area contributed by atoms with Gasteiger partial charge >= 0.3 is 0 Å². The van der Waals surface area contributed by atoms with E-state index in [0.717, 1.165) is 30.4 Å². The molecule has 150 valence electrons. The summed E-state index contributed by atoms with van der Waals surface area (Å²) in [6.07, 6.45) is 3.74. The highest BCUT2D eigenvalue weighted by molar-refractivity contribution is 7.89. The number of aryl methyl sites for hydroxylation is 1. The fourth-order valence-electron chi connectivity index (χ4n) is 3.23. The molecule has 0 atom stereocenters. The number of piperidine rings is 1. The quantitative estimate of drug-likeness (QED) is 0.770. The van der Waals surface area contributed by atoms with Gasteiger partial charge in [-0.3, -0.25) is 4.79 Å². The zero-order valence-electron chi connectivity index (χ0n) is 15.7. The molecule has 1 heterocycles. The van der Waals surface area contributed by atoms with Gasteiger partial charge in [0, 0.05) is 26.1 Å². The van der Waals surface area contributed by atoms with Crippen molar-refractivity contribution in [1.82, 2.24) is 9.62 Å². The number of hydrogen-bond acceptors (Lipinski definition) is 3. The molecule has 28 heavy (non-hydrogen) atoms. The van der Waals surface area contributed by atoms with Crippen LogP contribution in [0.25, 0.3) is 0 Å². The highest BCUT2D eigenvalue weighted by atomic mass is 32.2. The maximum absolute atomic E-state index is 12.9. The lowest BCUT2D eigenvalue weighted by atomic mass is 10.1. The van der Waals surface area contributed by atoms with Gasteiger partial charge in [-0.2, -0.15) is 4.31 Å². The molecule has 2 aromatic rings. The van der Waals surface area contributed by atoms with Crippen molar-refractivity contribution in [2.45, 2.75) is 43.5 Å². The van der Waals surface area contributed by atoms with Crippen LogP contribution in [0, 0.1) is 5.82 Å². The van der Waals surface area contributed by atoms with E-state index in [4.69, 9.17) is 0 Å². The molecule has 0 spiro atoms. The lowest BCUT2D eigenvalue weighted by molar-refractivity contribution is -0.121. The Morgan fingerprint density at radius 1 is 0.929 bits per heavy atom. The SMILES string of the molecule is O=C(CCc1ccc(F)cc1)NCc1ccc(S(=O)(=O)N2CCCCC2)cc1. The Hall–Kier alpha value is -2.25. The highest BCUT2D eigenvalue weighted by Crippen LogP contribution is 2.20. The molecule has 2 aromatic carbocycles. The van der Waals surface area contributed by atoms with Crippen LogP contribution < -0.4 is 5.32 Å². The van der Waals surface area contributed by atoms with Crippen molar-refractivity contribution < 1.29 is 17.6 Å². The molecule has 0 unspecified atom stereocenters. The molecule has 3 rings (SSSR count). The van der Waals surface area contributed by atoms with Gasteiger partial charge in [-0.1, -0.05) is 30.7 Å². The van der Waals surface area contributed by atoms with Crippen LogP contribution in [-0.4, -0.2) is 31.7 Å². The third kappa shape index (κ3) is 5.39. The van der Waals surface area contributed by atoms with Crippen molar-refractivity contribution in [1.29, 1.82) is 0 Å². The average Bonchev–Trinajstić information content (AvgIpc) is 2.73. The van der Waals surface area contributed by atoms with E-state index in [1.807, 2.05) is 0 Å². The average molecular weight is 405 g/mol. The summed E-state index contributed by atoms with van der Waals surface area (Å²) in [7, 11) is -3.43. The van der Waals surface area contributed by atoms with Crippen LogP contribution in [0.15, 0.2) is 53.4 Å². The Bertz CT molecular complexity index is 890. The van der Waals surface area contributed by atoms with E-state index in [2.05, 4.69) is 5.32 Å². The van der Waals surface area contributed by atoms with E-state index in [0.29, 0.717) is 37.4 Å². The molecule has 1 amide bonds. The van der Waals surface area contributed by atoms with E-state index >= 15 is 0 Å². The lowest BCUT2D eigenvalue weighted by Gasteiger charge is -2.25. The number of sulfonamides is 1. The summed E-state index contributed by atoms with van der Waals surface area (Å²) in [5.74, 6) is -0.395. The Morgan fingerprint density at radius 3 is 2.18 bits per heavy atom. The van der Waals surface area contributed by atoms with Gasteiger partial charge in [0.05, 0.1) is 4.90 Å². The van der Waals surface area contributed by atoms with Gasteiger partial charge in [0.15, 0.2) is 0 Å². The second kappa shape index (κ2) is 9.30. The smallest absolute Gasteiger partial charge is 0.243 e. The predicted molar refractivity (Wildman–Crippen MR) is 106 cm³/mol. The topological polar surface area (TPSA) is 66.5 Å². The van der Waals surface area contributed by atoms with Gasteiger partial charge in [0.25, 0.3) is 0 Å². The molecular formula is C21H25FN2O3S. The lowest BCUT2D eigenvalue weighted by Crippen LogP contribution is -2.35. The molecule has 0 radical (unpaired) electrons. The van der Waals surface area contributed by atoms with Crippen molar-refractivity contribution >= 4 is 15.9 Å². The largest absolute Gasteiger partial charge is 0.352 e. The number of nitrogens with one attached hydrogen (secondary N) is 1. The van der Waals surface area contributed by atoms with Gasteiger partial charge in [0.2, 0.25) is 15.9 Å². The first-order valence-electron chi connectivity index (χ1n) is 9.55. The molecule has 1 fully saturated rings. The standard InChI is InChI=1S/C21H25FN2O3S/c22-19-9-4-17(5-10-19)8-13-21(25)23-16-18-6-11-20(12-7-18)28(26,27)24-14-2-1-3-15-24/h4-7,9-12H,1-3,8,13-16H2,(H,23,25). The number of benzene rings is 2. The van der Waals surface area contributed by atoms with E-state index in [-0.39, 0.29) is 11.7 Å². The van der Waals surface area contributed by atoms with E-state index in [1.54, 1.807) is 40.7 Å². The number of carbonyl (C=O) groups is 1. The number of rotatable bonds is 7. The molecule has 5 nitrogen and oxygen atoms in total. The molecule has 1 saturated heterocycles. The fraction of sp³-hybridized carbons (Fsp3) is 0.381. The Morgan fingerprint density at radius 2 is 1.54 bits per heavy atom. The van der Waals surface area contributed by atoms with Gasteiger partial charge in [-0.15, -0.1) is 0 Å². The third-order valence-corrected chi connectivity index (χ3v) is 6.83. The van der Waals surface area contributed by atoms with Crippen LogP contribution in [0.3, 0.4) is 0 Å². The number of hydrogen-bond donors (Lipinski definition) is 1. The van der Waals surface area contributed by atoms with E-state index in [1.165, 1.54) is 12.1 Å². The maximum Gasteiger partial charge on any atom is 0.243 e. The molecular weight excluding hydrogens is 379 g/mol. The summed E-state index contributed by atoms with van der Waals surface area (Å²) in [6.45, 7) is 1.49. The zero-order chi connectivity index (χ0) is 20.0. The van der Waals surface area contributed by atoms with Crippen molar-refractivity contribution in [2.75, 3.05) is 13.1 Å². The Kier molecular flexibility index (Phi) is 6.80. The first-order chi connectivity index (χ1) is 13.4. The van der Waals surface area contributed by atoms with E-state index in [9.17, 15) is 17.6 Å². The predicted octanol–water partition coefficient (Wildman–Crippen LogP) is 3.25. The van der Waals surface area contributed by atoms with Crippen LogP contribution in [0.5, 0.6) is 0 Å². The van der Waals surface area contributed by atoms with Crippen LogP contribution in [0.4, 0.5) is 4.39 Å². The molecule has 0 aromatic heterocycles. The molecule has 1 aliphatic heterocycles. The minimum atomic E-state index is -3.43. The van der Waals surface area contributed by atoms with Crippen molar-refractivity contribution in [3.63, 3.8) is 0 Å². The number of amides is 1. The normalized spacial score (nSPS) is 15.3. The van der Waals surface area contributed by atoms with Gasteiger partial charge < -0.3 is 5.32 Å². The maximum atomic E-state index is 12.9. The van der Waals surface area contributed by atoms with Crippen molar-refractivity contribution in [2.24, 2.45) is 0 Å². The first kappa shape index (κ1) is 20.5. The molecule has 0 aliphatic carbocycles. The minimum Gasteiger partial charge on any atom is -0.352 e. The monoisotopic (exact) mass is 404 g/mol. The summed E-state index contributed by atoms with van der Waals surface area (Å²) < 4.78 is 39.7. The summed E-state index contributed by atoms with van der Waals surface area (Å²) in [5.41, 5.74) is 1.75. The zero-order valence-corrected chi connectivity index (χ0v) is 16.6. The summed E-state index contributed by atoms with van der Waals surface area (Å²) >= 11 is 0. The van der Waals surface area contributed by atoms with Crippen LogP contribution >= 0.6 is 0 Å². The van der Waals surface area contributed by atoms with Crippen LogP contribution in [0.2, 0.25) is 0 Å². The van der Waals surface area contributed by atoms with E-state index < -0.39 is 10.0 Å².